The van der Waals surface area contributed by atoms with Crippen molar-refractivity contribution < 1.29 is 18.0 Å². The second-order valence-electron chi connectivity index (χ2n) is 7.79. The number of anilines is 3. The van der Waals surface area contributed by atoms with Gasteiger partial charge in [-0.15, -0.1) is 0 Å². The quantitative estimate of drug-likeness (QED) is 0.643. The smallest absolute Gasteiger partial charge is 0.381 e. The van der Waals surface area contributed by atoms with Gasteiger partial charge in [0, 0.05) is 37.4 Å². The number of carbonyl (C=O) groups excluding carboxylic acids is 1. The van der Waals surface area contributed by atoms with E-state index in [1.807, 2.05) is 41.1 Å². The maximum Gasteiger partial charge on any atom is 0.416 e. The summed E-state index contributed by atoms with van der Waals surface area (Å²) in [7, 11) is 5.98. The highest BCUT2D eigenvalue weighted by atomic mass is 19.4. The van der Waals surface area contributed by atoms with Crippen LogP contribution in [0.3, 0.4) is 0 Å². The summed E-state index contributed by atoms with van der Waals surface area (Å²) in [6, 6.07) is 10.00. The fourth-order valence-electron chi connectivity index (χ4n) is 2.88. The Morgan fingerprint density at radius 1 is 1.03 bits per heavy atom. The van der Waals surface area contributed by atoms with Gasteiger partial charge in [-0.2, -0.15) is 13.2 Å². The van der Waals surface area contributed by atoms with Crippen molar-refractivity contribution in [2.24, 2.45) is 0 Å². The minimum absolute atomic E-state index is 0.0976. The lowest BCUT2D eigenvalue weighted by atomic mass is 10.1. The van der Waals surface area contributed by atoms with E-state index in [0.29, 0.717) is 5.56 Å². The number of nitrogens with zero attached hydrogens (tertiary/aromatic N) is 2. The third kappa shape index (κ3) is 6.66. The molecule has 0 atom stereocenters. The molecule has 0 aromatic heterocycles. The van der Waals surface area contributed by atoms with E-state index in [4.69, 9.17) is 0 Å². The maximum atomic E-state index is 12.9. The van der Waals surface area contributed by atoms with E-state index in [1.165, 1.54) is 12.1 Å². The SMILES string of the molecule is CC(C)Nc1cc(C(=O)Nc2cccc(C(F)(F)F)c2)ccc1N(C)CCN(C)C. The fraction of sp³-hybridized carbons (Fsp3) is 0.409. The third-order valence-corrected chi connectivity index (χ3v) is 4.44. The zero-order valence-electron chi connectivity index (χ0n) is 18.0. The molecule has 2 aromatic carbocycles. The Kier molecular flexibility index (Phi) is 7.72. The number of benzene rings is 2. The predicted molar refractivity (Wildman–Crippen MR) is 116 cm³/mol. The summed E-state index contributed by atoms with van der Waals surface area (Å²) in [5, 5.41) is 5.90. The van der Waals surface area contributed by atoms with Gasteiger partial charge in [0.2, 0.25) is 0 Å². The first-order chi connectivity index (χ1) is 14.0. The van der Waals surface area contributed by atoms with Crippen LogP contribution >= 0.6 is 0 Å². The minimum Gasteiger partial charge on any atom is -0.381 e. The van der Waals surface area contributed by atoms with Crippen LogP contribution in [0, 0.1) is 0 Å². The summed E-state index contributed by atoms with van der Waals surface area (Å²) in [6.07, 6.45) is -4.46. The van der Waals surface area contributed by atoms with Crippen molar-refractivity contribution in [1.82, 2.24) is 4.90 Å². The van der Waals surface area contributed by atoms with Gasteiger partial charge >= 0.3 is 6.18 Å². The highest BCUT2D eigenvalue weighted by molar-refractivity contribution is 6.05. The van der Waals surface area contributed by atoms with Crippen molar-refractivity contribution in [2.45, 2.75) is 26.1 Å². The monoisotopic (exact) mass is 422 g/mol. The van der Waals surface area contributed by atoms with E-state index >= 15 is 0 Å². The second-order valence-corrected chi connectivity index (χ2v) is 7.79. The number of halogens is 3. The summed E-state index contributed by atoms with van der Waals surface area (Å²) in [4.78, 5) is 16.9. The van der Waals surface area contributed by atoms with Gasteiger partial charge in [0.15, 0.2) is 0 Å². The lowest BCUT2D eigenvalue weighted by Gasteiger charge is -2.26. The Labute approximate surface area is 175 Å². The summed E-state index contributed by atoms with van der Waals surface area (Å²) in [5.41, 5.74) is 1.39. The van der Waals surface area contributed by atoms with Gasteiger partial charge in [-0.1, -0.05) is 6.07 Å². The average Bonchev–Trinajstić information content (AvgIpc) is 2.65. The molecule has 0 aliphatic rings. The van der Waals surface area contributed by atoms with Crippen molar-refractivity contribution in [3.63, 3.8) is 0 Å². The molecule has 8 heteroatoms. The Morgan fingerprint density at radius 3 is 2.33 bits per heavy atom. The van der Waals surface area contributed by atoms with Crippen LogP contribution in [-0.2, 0) is 6.18 Å². The summed E-state index contributed by atoms with van der Waals surface area (Å²) in [6.45, 7) is 5.67. The van der Waals surface area contributed by atoms with Gasteiger partial charge in [0.25, 0.3) is 5.91 Å². The minimum atomic E-state index is -4.46. The molecule has 0 radical (unpaired) electrons. The highest BCUT2D eigenvalue weighted by Gasteiger charge is 2.30. The maximum absolute atomic E-state index is 12.9. The summed E-state index contributed by atoms with van der Waals surface area (Å²) < 4.78 is 38.7. The molecule has 1 amide bonds. The molecule has 2 N–H and O–H groups in total. The highest BCUT2D eigenvalue weighted by Crippen LogP contribution is 2.31. The molecule has 0 unspecified atom stereocenters. The molecule has 2 aromatic rings. The Hall–Kier alpha value is -2.74. The largest absolute Gasteiger partial charge is 0.416 e. The van der Waals surface area contributed by atoms with Crippen molar-refractivity contribution in [2.75, 3.05) is 49.8 Å². The lowest BCUT2D eigenvalue weighted by Crippen LogP contribution is -2.29. The van der Waals surface area contributed by atoms with E-state index in [1.54, 1.807) is 12.1 Å². The van der Waals surface area contributed by atoms with E-state index < -0.39 is 17.6 Å². The van der Waals surface area contributed by atoms with Crippen molar-refractivity contribution in [3.8, 4) is 0 Å². The first kappa shape index (κ1) is 23.5. The van der Waals surface area contributed by atoms with Crippen molar-refractivity contribution in [1.29, 1.82) is 0 Å². The average molecular weight is 422 g/mol. The first-order valence-corrected chi connectivity index (χ1v) is 9.72. The van der Waals surface area contributed by atoms with E-state index in [0.717, 1.165) is 36.6 Å². The van der Waals surface area contributed by atoms with Crippen LogP contribution < -0.4 is 15.5 Å². The molecule has 164 valence electrons. The van der Waals surface area contributed by atoms with Gasteiger partial charge in [0.1, 0.15) is 0 Å². The van der Waals surface area contributed by atoms with Crippen molar-refractivity contribution in [3.05, 3.63) is 53.6 Å². The molecule has 2 rings (SSSR count). The molecule has 30 heavy (non-hydrogen) atoms. The molecule has 0 spiro atoms. The van der Waals surface area contributed by atoms with E-state index in [2.05, 4.69) is 20.4 Å². The molecular formula is C22H29F3N4O. The van der Waals surface area contributed by atoms with Crippen LogP contribution in [-0.4, -0.2) is 51.1 Å². The van der Waals surface area contributed by atoms with Gasteiger partial charge in [-0.25, -0.2) is 0 Å². The third-order valence-electron chi connectivity index (χ3n) is 4.44. The number of carbonyl (C=O) groups is 1. The van der Waals surface area contributed by atoms with Crippen LogP contribution in [0.1, 0.15) is 29.8 Å². The normalized spacial score (nSPS) is 11.7. The lowest BCUT2D eigenvalue weighted by molar-refractivity contribution is -0.137. The van der Waals surface area contributed by atoms with Gasteiger partial charge in [-0.05, 0) is 64.3 Å². The van der Waals surface area contributed by atoms with Crippen LogP contribution in [0.15, 0.2) is 42.5 Å². The number of nitrogens with one attached hydrogen (secondary N) is 2. The van der Waals surface area contributed by atoms with Gasteiger partial charge in [-0.3, -0.25) is 4.79 Å². The number of likely N-dealkylation sites (N-methyl/N-ethyl adjacent to an activating group) is 2. The zero-order valence-corrected chi connectivity index (χ0v) is 18.0. The topological polar surface area (TPSA) is 47.6 Å². The van der Waals surface area contributed by atoms with E-state index in [-0.39, 0.29) is 11.7 Å². The predicted octanol–water partition coefficient (Wildman–Crippen LogP) is 4.78. The standard InChI is InChI=1S/C22H29F3N4O/c1-15(2)26-19-13-16(9-10-20(19)29(5)12-11-28(3)4)21(30)27-18-8-6-7-17(14-18)22(23,24)25/h6-10,13-15,26H,11-12H2,1-5H3,(H,27,30). The van der Waals surface area contributed by atoms with Crippen molar-refractivity contribution >= 4 is 23.0 Å². The summed E-state index contributed by atoms with van der Waals surface area (Å²) in [5.74, 6) is -0.469. The molecule has 0 saturated heterocycles. The van der Waals surface area contributed by atoms with Crippen LogP contribution in [0.4, 0.5) is 30.2 Å². The number of amides is 1. The molecule has 0 bridgehead atoms. The Morgan fingerprint density at radius 2 is 1.73 bits per heavy atom. The summed E-state index contributed by atoms with van der Waals surface area (Å²) >= 11 is 0. The first-order valence-electron chi connectivity index (χ1n) is 9.72. The molecule has 0 aliphatic carbocycles. The molecule has 5 nitrogen and oxygen atoms in total. The van der Waals surface area contributed by atoms with Crippen LogP contribution in [0.5, 0.6) is 0 Å². The zero-order chi connectivity index (χ0) is 22.5. The number of rotatable bonds is 8. The number of hydrogen-bond acceptors (Lipinski definition) is 4. The van der Waals surface area contributed by atoms with Gasteiger partial charge < -0.3 is 20.4 Å². The van der Waals surface area contributed by atoms with Gasteiger partial charge in [0.05, 0.1) is 16.9 Å². The molecular weight excluding hydrogens is 393 g/mol. The van der Waals surface area contributed by atoms with E-state index in [9.17, 15) is 18.0 Å². The van der Waals surface area contributed by atoms with Crippen LogP contribution in [0.25, 0.3) is 0 Å². The molecule has 0 heterocycles. The van der Waals surface area contributed by atoms with Crippen LogP contribution in [0.2, 0.25) is 0 Å². The molecule has 0 aliphatic heterocycles. The number of hydrogen-bond donors (Lipinski definition) is 2. The Bertz CT molecular complexity index is 866. The fourth-order valence-corrected chi connectivity index (χ4v) is 2.88. The molecule has 0 fully saturated rings. The second kappa shape index (κ2) is 9.84. The number of alkyl halides is 3. The molecule has 0 saturated carbocycles. The Balaban J connectivity index is 2.25.